The molecule has 2 heterocycles. The van der Waals surface area contributed by atoms with Crippen molar-refractivity contribution in [3.63, 3.8) is 0 Å². The van der Waals surface area contributed by atoms with Crippen molar-refractivity contribution in [1.29, 1.82) is 0 Å². The van der Waals surface area contributed by atoms with E-state index in [1.54, 1.807) is 6.07 Å². The second-order valence-corrected chi connectivity index (χ2v) is 6.85. The van der Waals surface area contributed by atoms with Crippen molar-refractivity contribution in [3.8, 4) is 0 Å². The normalized spacial score (nSPS) is 17.7. The van der Waals surface area contributed by atoms with Gasteiger partial charge in [0.05, 0.1) is 0 Å². The predicted molar refractivity (Wildman–Crippen MR) is 93.8 cm³/mol. The largest absolute Gasteiger partial charge is 0.361 e. The third-order valence-electron chi connectivity index (χ3n) is 4.84. The molecule has 134 valence electrons. The van der Waals surface area contributed by atoms with Crippen LogP contribution in [0.5, 0.6) is 0 Å². The van der Waals surface area contributed by atoms with Gasteiger partial charge in [0.1, 0.15) is 11.6 Å². The van der Waals surface area contributed by atoms with Crippen LogP contribution < -0.4 is 0 Å². The lowest BCUT2D eigenvalue weighted by atomic mass is 9.91. The van der Waals surface area contributed by atoms with E-state index in [0.717, 1.165) is 62.9 Å². The highest BCUT2D eigenvalue weighted by atomic mass is 19.1. The quantitative estimate of drug-likeness (QED) is 0.787. The number of aryl methyl sites for hydroxylation is 2. The van der Waals surface area contributed by atoms with E-state index >= 15 is 0 Å². The van der Waals surface area contributed by atoms with Gasteiger partial charge in [0.2, 0.25) is 0 Å². The highest BCUT2D eigenvalue weighted by Crippen LogP contribution is 2.23. The van der Waals surface area contributed by atoms with Crippen LogP contribution in [0.2, 0.25) is 0 Å². The maximum Gasteiger partial charge on any atom is 0.276 e. The Bertz CT molecular complexity index is 696. The van der Waals surface area contributed by atoms with E-state index in [1.165, 1.54) is 12.1 Å². The van der Waals surface area contributed by atoms with E-state index in [4.69, 9.17) is 4.52 Å². The summed E-state index contributed by atoms with van der Waals surface area (Å²) in [6.45, 7) is 3.61. The molecule has 0 bridgehead atoms. The summed E-state index contributed by atoms with van der Waals surface area (Å²) < 4.78 is 18.2. The zero-order chi connectivity index (χ0) is 17.6. The molecular formula is C20H25FN2O2. The summed E-state index contributed by atoms with van der Waals surface area (Å²) in [5.41, 5.74) is 1.56. The first-order valence-electron chi connectivity index (χ1n) is 9.15. The number of halogens is 1. The van der Waals surface area contributed by atoms with Gasteiger partial charge in [0.15, 0.2) is 5.69 Å². The van der Waals surface area contributed by atoms with Gasteiger partial charge in [-0.25, -0.2) is 4.39 Å². The van der Waals surface area contributed by atoms with Gasteiger partial charge in [-0.1, -0.05) is 24.2 Å². The number of carbonyl (C=O) groups excluding carboxylic acids is 1. The van der Waals surface area contributed by atoms with Crippen LogP contribution in [-0.4, -0.2) is 29.1 Å². The lowest BCUT2D eigenvalue weighted by Gasteiger charge is -2.32. The van der Waals surface area contributed by atoms with E-state index in [9.17, 15) is 9.18 Å². The number of hydrogen-bond donors (Lipinski definition) is 0. The van der Waals surface area contributed by atoms with E-state index < -0.39 is 0 Å². The van der Waals surface area contributed by atoms with E-state index in [0.29, 0.717) is 11.6 Å². The standard InChI is InChI=1S/C20H25FN2O2/c1-2-4-18-13-19(22-25-18)20(24)23-12-3-5-16(14-23)7-6-15-8-10-17(21)11-9-15/h8-11,13,16H,2-7,12,14H2,1H3/t16-/m1/s1. The van der Waals surface area contributed by atoms with Gasteiger partial charge in [-0.15, -0.1) is 0 Å². The minimum atomic E-state index is -0.201. The molecule has 1 aliphatic heterocycles. The van der Waals surface area contributed by atoms with Gasteiger partial charge in [0, 0.05) is 25.6 Å². The Balaban J connectivity index is 1.54. The van der Waals surface area contributed by atoms with E-state index in [2.05, 4.69) is 12.1 Å². The van der Waals surface area contributed by atoms with Crippen LogP contribution in [0.25, 0.3) is 0 Å². The molecule has 0 spiro atoms. The van der Waals surface area contributed by atoms with Gasteiger partial charge < -0.3 is 9.42 Å². The fourth-order valence-electron chi connectivity index (χ4n) is 3.45. The van der Waals surface area contributed by atoms with Crippen LogP contribution in [-0.2, 0) is 12.8 Å². The first-order chi connectivity index (χ1) is 12.2. The topological polar surface area (TPSA) is 46.3 Å². The van der Waals surface area contributed by atoms with Gasteiger partial charge in [-0.3, -0.25) is 4.79 Å². The molecule has 0 aliphatic carbocycles. The van der Waals surface area contributed by atoms with Crippen LogP contribution >= 0.6 is 0 Å². The number of benzene rings is 1. The molecule has 1 saturated heterocycles. The number of nitrogens with zero attached hydrogens (tertiary/aromatic N) is 2. The molecule has 0 saturated carbocycles. The monoisotopic (exact) mass is 344 g/mol. The Morgan fingerprint density at radius 3 is 2.88 bits per heavy atom. The third kappa shape index (κ3) is 4.68. The average molecular weight is 344 g/mol. The van der Waals surface area contributed by atoms with Crippen molar-refractivity contribution < 1.29 is 13.7 Å². The molecule has 0 radical (unpaired) electrons. The number of carbonyl (C=O) groups is 1. The highest BCUT2D eigenvalue weighted by Gasteiger charge is 2.26. The minimum absolute atomic E-state index is 0.0300. The molecule has 5 heteroatoms. The molecule has 25 heavy (non-hydrogen) atoms. The fourth-order valence-corrected chi connectivity index (χ4v) is 3.45. The molecule has 4 nitrogen and oxygen atoms in total. The Labute approximate surface area is 148 Å². The van der Waals surface area contributed by atoms with Crippen molar-refractivity contribution >= 4 is 5.91 Å². The lowest BCUT2D eigenvalue weighted by Crippen LogP contribution is -2.40. The Morgan fingerprint density at radius 2 is 2.12 bits per heavy atom. The van der Waals surface area contributed by atoms with Crippen molar-refractivity contribution in [2.24, 2.45) is 5.92 Å². The fraction of sp³-hybridized carbons (Fsp3) is 0.500. The molecular weight excluding hydrogens is 319 g/mol. The smallest absolute Gasteiger partial charge is 0.276 e. The lowest BCUT2D eigenvalue weighted by molar-refractivity contribution is 0.0658. The maximum absolute atomic E-state index is 13.0. The van der Waals surface area contributed by atoms with Crippen molar-refractivity contribution in [3.05, 3.63) is 53.2 Å². The third-order valence-corrected chi connectivity index (χ3v) is 4.84. The molecule has 2 aromatic rings. The summed E-state index contributed by atoms with van der Waals surface area (Å²) in [7, 11) is 0. The Morgan fingerprint density at radius 1 is 1.32 bits per heavy atom. The van der Waals surface area contributed by atoms with Crippen LogP contribution in [0.4, 0.5) is 4.39 Å². The Hall–Kier alpha value is -2.17. The summed E-state index contributed by atoms with van der Waals surface area (Å²) >= 11 is 0. The van der Waals surface area contributed by atoms with E-state index in [-0.39, 0.29) is 11.7 Å². The number of amides is 1. The number of hydrogen-bond acceptors (Lipinski definition) is 3. The van der Waals surface area contributed by atoms with Crippen LogP contribution in [0.1, 0.15) is 54.4 Å². The zero-order valence-corrected chi connectivity index (χ0v) is 14.7. The molecule has 1 fully saturated rings. The van der Waals surface area contributed by atoms with Crippen LogP contribution in [0, 0.1) is 11.7 Å². The molecule has 1 atom stereocenters. The minimum Gasteiger partial charge on any atom is -0.361 e. The average Bonchev–Trinajstić information content (AvgIpc) is 3.10. The summed E-state index contributed by atoms with van der Waals surface area (Å²) in [5, 5.41) is 3.94. The zero-order valence-electron chi connectivity index (χ0n) is 14.7. The maximum atomic E-state index is 13.0. The summed E-state index contributed by atoms with van der Waals surface area (Å²) in [5.74, 6) is 1.02. The molecule has 3 rings (SSSR count). The number of rotatable bonds is 6. The molecule has 1 aromatic heterocycles. The molecule has 1 aromatic carbocycles. The predicted octanol–water partition coefficient (Wildman–Crippen LogP) is 4.25. The first-order valence-corrected chi connectivity index (χ1v) is 9.15. The summed E-state index contributed by atoms with van der Waals surface area (Å²) in [4.78, 5) is 14.5. The van der Waals surface area contributed by atoms with E-state index in [1.807, 2.05) is 17.0 Å². The second kappa shape index (κ2) is 8.28. The van der Waals surface area contributed by atoms with Gasteiger partial charge in [-0.2, -0.15) is 0 Å². The van der Waals surface area contributed by atoms with Gasteiger partial charge in [-0.05, 0) is 55.7 Å². The van der Waals surface area contributed by atoms with Gasteiger partial charge in [0.25, 0.3) is 5.91 Å². The van der Waals surface area contributed by atoms with Crippen LogP contribution in [0.15, 0.2) is 34.9 Å². The summed E-state index contributed by atoms with van der Waals surface area (Å²) in [6.07, 6.45) is 5.84. The number of piperidine rings is 1. The van der Waals surface area contributed by atoms with Crippen molar-refractivity contribution in [1.82, 2.24) is 10.1 Å². The van der Waals surface area contributed by atoms with Crippen LogP contribution in [0.3, 0.4) is 0 Å². The Kier molecular flexibility index (Phi) is 5.84. The molecule has 0 unspecified atom stereocenters. The molecule has 1 amide bonds. The van der Waals surface area contributed by atoms with Crippen molar-refractivity contribution in [2.45, 2.75) is 45.4 Å². The van der Waals surface area contributed by atoms with Crippen molar-refractivity contribution in [2.75, 3.05) is 13.1 Å². The number of aromatic nitrogens is 1. The molecule has 1 aliphatic rings. The number of likely N-dealkylation sites (tertiary alicyclic amines) is 1. The molecule has 0 N–H and O–H groups in total. The SMILES string of the molecule is CCCc1cc(C(=O)N2CCC[C@H](CCc3ccc(F)cc3)C2)no1. The highest BCUT2D eigenvalue weighted by molar-refractivity contribution is 5.92. The second-order valence-electron chi connectivity index (χ2n) is 6.85. The first kappa shape index (κ1) is 17.6. The van der Waals surface area contributed by atoms with Gasteiger partial charge >= 0.3 is 0 Å². The summed E-state index contributed by atoms with van der Waals surface area (Å²) in [6, 6.07) is 8.46.